The van der Waals surface area contributed by atoms with Crippen molar-refractivity contribution < 1.29 is 9.53 Å². The summed E-state index contributed by atoms with van der Waals surface area (Å²) >= 11 is 1.47. The van der Waals surface area contributed by atoms with Crippen molar-refractivity contribution in [2.24, 2.45) is 0 Å². The fourth-order valence-corrected chi connectivity index (χ4v) is 3.77. The van der Waals surface area contributed by atoms with Gasteiger partial charge in [-0.3, -0.25) is 4.79 Å². The second-order valence-corrected chi connectivity index (χ2v) is 8.74. The molecule has 0 radical (unpaired) electrons. The van der Waals surface area contributed by atoms with Crippen LogP contribution in [0.3, 0.4) is 0 Å². The fraction of sp³-hybridized carbons (Fsp3) is 0.571. The lowest BCUT2D eigenvalue weighted by Crippen LogP contribution is -2.13. The van der Waals surface area contributed by atoms with Gasteiger partial charge in [0.2, 0.25) is 11.0 Å². The number of rotatable bonds is 9. The topological polar surface area (TPSA) is 64.1 Å². The number of benzene rings is 1. The molecule has 0 bridgehead atoms. The summed E-state index contributed by atoms with van der Waals surface area (Å²) in [7, 11) is 0. The molecule has 6 heteroatoms. The normalized spacial score (nSPS) is 11.6. The Morgan fingerprint density at radius 3 is 2.41 bits per heavy atom. The number of carbonyl (C=O) groups is 1. The van der Waals surface area contributed by atoms with Crippen LogP contribution in [0.2, 0.25) is 0 Å². The van der Waals surface area contributed by atoms with E-state index in [1.165, 1.54) is 16.9 Å². The van der Waals surface area contributed by atoms with Gasteiger partial charge in [-0.25, -0.2) is 0 Å². The van der Waals surface area contributed by atoms with E-state index in [4.69, 9.17) is 4.74 Å². The van der Waals surface area contributed by atoms with Crippen molar-refractivity contribution in [3.63, 3.8) is 0 Å². The van der Waals surface area contributed by atoms with Gasteiger partial charge in [-0.1, -0.05) is 58.1 Å². The van der Waals surface area contributed by atoms with Crippen LogP contribution in [0, 0.1) is 0 Å². The highest BCUT2D eigenvalue weighted by molar-refractivity contribution is 7.15. The van der Waals surface area contributed by atoms with Crippen LogP contribution in [0.1, 0.15) is 76.8 Å². The Bertz CT molecular complexity index is 716. The van der Waals surface area contributed by atoms with Crippen molar-refractivity contribution in [3.05, 3.63) is 34.8 Å². The van der Waals surface area contributed by atoms with E-state index in [9.17, 15) is 4.79 Å². The van der Waals surface area contributed by atoms with E-state index < -0.39 is 0 Å². The predicted octanol–water partition coefficient (Wildman–Crippen LogP) is 5.54. The SMILES string of the molecule is CCC(CC)c1nnc(NC(=O)CCCOc2ccc(C(C)(C)C)cc2)s1. The minimum atomic E-state index is -0.0473. The van der Waals surface area contributed by atoms with Gasteiger partial charge in [0.1, 0.15) is 10.8 Å². The lowest BCUT2D eigenvalue weighted by Gasteiger charge is -2.19. The van der Waals surface area contributed by atoms with E-state index >= 15 is 0 Å². The summed E-state index contributed by atoms with van der Waals surface area (Å²) in [5.74, 6) is 1.21. The highest BCUT2D eigenvalue weighted by Crippen LogP contribution is 2.28. The number of anilines is 1. The average Bonchev–Trinajstić information content (AvgIpc) is 3.07. The predicted molar refractivity (Wildman–Crippen MR) is 112 cm³/mol. The molecule has 0 aliphatic heterocycles. The van der Waals surface area contributed by atoms with Crippen molar-refractivity contribution in [3.8, 4) is 5.75 Å². The van der Waals surface area contributed by atoms with Crippen molar-refractivity contribution in [1.82, 2.24) is 10.2 Å². The van der Waals surface area contributed by atoms with E-state index in [1.807, 2.05) is 12.1 Å². The van der Waals surface area contributed by atoms with Gasteiger partial charge in [-0.2, -0.15) is 0 Å². The minimum Gasteiger partial charge on any atom is -0.494 e. The van der Waals surface area contributed by atoms with Gasteiger partial charge < -0.3 is 10.1 Å². The molecule has 27 heavy (non-hydrogen) atoms. The molecule has 0 atom stereocenters. The lowest BCUT2D eigenvalue weighted by atomic mass is 9.87. The average molecular weight is 390 g/mol. The first-order valence-corrected chi connectivity index (χ1v) is 10.5. The van der Waals surface area contributed by atoms with Gasteiger partial charge in [-0.05, 0) is 42.4 Å². The molecule has 2 aromatic rings. The van der Waals surface area contributed by atoms with Crippen LogP contribution >= 0.6 is 11.3 Å². The van der Waals surface area contributed by atoms with Crippen LogP contribution in [0.4, 0.5) is 5.13 Å². The molecule has 1 N–H and O–H groups in total. The number of amides is 1. The maximum atomic E-state index is 12.1. The third kappa shape index (κ3) is 6.61. The maximum absolute atomic E-state index is 12.1. The molecule has 0 fully saturated rings. The molecule has 1 aromatic carbocycles. The van der Waals surface area contributed by atoms with E-state index in [1.54, 1.807) is 0 Å². The van der Waals surface area contributed by atoms with E-state index in [2.05, 4.69) is 62.3 Å². The molecule has 1 heterocycles. The molecule has 0 aliphatic rings. The number of aromatic nitrogens is 2. The van der Waals surface area contributed by atoms with Crippen LogP contribution in [0.25, 0.3) is 0 Å². The van der Waals surface area contributed by atoms with E-state index in [-0.39, 0.29) is 11.3 Å². The summed E-state index contributed by atoms with van der Waals surface area (Å²) < 4.78 is 5.73. The van der Waals surface area contributed by atoms with Crippen LogP contribution < -0.4 is 10.1 Å². The Labute approximate surface area is 166 Å². The first-order valence-electron chi connectivity index (χ1n) is 9.70. The minimum absolute atomic E-state index is 0.0473. The molecule has 0 saturated carbocycles. The Kier molecular flexibility index (Phi) is 7.78. The van der Waals surface area contributed by atoms with Gasteiger partial charge in [0.25, 0.3) is 0 Å². The number of nitrogens with zero attached hydrogens (tertiary/aromatic N) is 2. The largest absolute Gasteiger partial charge is 0.494 e. The molecular weight excluding hydrogens is 358 g/mol. The van der Waals surface area contributed by atoms with E-state index in [0.717, 1.165) is 23.6 Å². The summed E-state index contributed by atoms with van der Waals surface area (Å²) in [4.78, 5) is 12.1. The van der Waals surface area contributed by atoms with Crippen molar-refractivity contribution in [1.29, 1.82) is 0 Å². The Balaban J connectivity index is 1.72. The fourth-order valence-electron chi connectivity index (χ4n) is 2.74. The summed E-state index contributed by atoms with van der Waals surface area (Å²) in [6.45, 7) is 11.4. The Morgan fingerprint density at radius 2 is 1.81 bits per heavy atom. The smallest absolute Gasteiger partial charge is 0.226 e. The zero-order valence-corrected chi connectivity index (χ0v) is 17.9. The quantitative estimate of drug-likeness (QED) is 0.572. The monoisotopic (exact) mass is 389 g/mol. The second-order valence-electron chi connectivity index (χ2n) is 7.73. The van der Waals surface area contributed by atoms with Crippen LogP contribution in [-0.4, -0.2) is 22.7 Å². The highest BCUT2D eigenvalue weighted by Gasteiger charge is 2.15. The van der Waals surface area contributed by atoms with Gasteiger partial charge in [0.15, 0.2) is 0 Å². The highest BCUT2D eigenvalue weighted by atomic mass is 32.1. The van der Waals surface area contributed by atoms with Crippen molar-refractivity contribution >= 4 is 22.4 Å². The number of ether oxygens (including phenoxy) is 1. The number of nitrogens with one attached hydrogen (secondary N) is 1. The Hall–Kier alpha value is -1.95. The molecular formula is C21H31N3O2S. The molecule has 5 nitrogen and oxygen atoms in total. The van der Waals surface area contributed by atoms with Gasteiger partial charge in [-0.15, -0.1) is 10.2 Å². The number of hydrogen-bond donors (Lipinski definition) is 1. The zero-order chi connectivity index (χ0) is 19.9. The lowest BCUT2D eigenvalue weighted by molar-refractivity contribution is -0.116. The summed E-state index contributed by atoms with van der Waals surface area (Å²) in [6, 6.07) is 8.16. The zero-order valence-electron chi connectivity index (χ0n) is 17.0. The summed E-state index contributed by atoms with van der Waals surface area (Å²) in [5, 5.41) is 12.7. The molecule has 1 aromatic heterocycles. The summed E-state index contributed by atoms with van der Waals surface area (Å²) in [5.41, 5.74) is 1.41. The molecule has 0 spiro atoms. The third-order valence-corrected chi connectivity index (χ3v) is 5.56. The van der Waals surface area contributed by atoms with Gasteiger partial charge in [0.05, 0.1) is 6.61 Å². The first-order chi connectivity index (χ1) is 12.8. The van der Waals surface area contributed by atoms with Crippen molar-refractivity contribution in [2.45, 2.75) is 71.6 Å². The van der Waals surface area contributed by atoms with Crippen LogP contribution in [-0.2, 0) is 10.2 Å². The second kappa shape index (κ2) is 9.83. The first kappa shape index (κ1) is 21.4. The van der Waals surface area contributed by atoms with Crippen LogP contribution in [0.15, 0.2) is 24.3 Å². The number of carbonyl (C=O) groups excluding carboxylic acids is 1. The van der Waals surface area contributed by atoms with Gasteiger partial charge in [0, 0.05) is 12.3 Å². The summed E-state index contributed by atoms with van der Waals surface area (Å²) in [6.07, 6.45) is 3.13. The Morgan fingerprint density at radius 1 is 1.15 bits per heavy atom. The molecule has 148 valence electrons. The molecule has 1 amide bonds. The molecule has 0 unspecified atom stereocenters. The molecule has 0 aliphatic carbocycles. The standard InChI is InChI=1S/C21H31N3O2S/c1-6-15(7-2)19-23-24-20(27-19)22-18(25)9-8-14-26-17-12-10-16(11-13-17)21(3,4)5/h10-13,15H,6-9,14H2,1-5H3,(H,22,24,25). The van der Waals surface area contributed by atoms with Crippen LogP contribution in [0.5, 0.6) is 5.75 Å². The number of hydrogen-bond acceptors (Lipinski definition) is 5. The third-order valence-electron chi connectivity index (χ3n) is 4.56. The maximum Gasteiger partial charge on any atom is 0.226 e. The van der Waals surface area contributed by atoms with E-state index in [0.29, 0.717) is 30.5 Å². The van der Waals surface area contributed by atoms with Crippen molar-refractivity contribution in [2.75, 3.05) is 11.9 Å². The molecule has 0 saturated heterocycles. The molecule has 2 rings (SSSR count). The van der Waals surface area contributed by atoms with Gasteiger partial charge >= 0.3 is 0 Å².